The summed E-state index contributed by atoms with van der Waals surface area (Å²) in [6, 6.07) is 4.37. The van der Waals surface area contributed by atoms with Gasteiger partial charge in [0.1, 0.15) is 0 Å². The molecule has 1 aromatic carbocycles. The molecule has 0 saturated carbocycles. The maximum Gasteiger partial charge on any atom is 0.273 e. The van der Waals surface area contributed by atoms with E-state index in [1.807, 2.05) is 0 Å². The molecule has 1 atom stereocenters. The maximum absolute atomic E-state index is 12.1. The van der Waals surface area contributed by atoms with Gasteiger partial charge < -0.3 is 15.3 Å². The van der Waals surface area contributed by atoms with E-state index >= 15 is 0 Å². The predicted octanol–water partition coefficient (Wildman–Crippen LogP) is 1.73. The lowest BCUT2D eigenvalue weighted by atomic mass is 9.99. The van der Waals surface area contributed by atoms with Gasteiger partial charge in [0, 0.05) is 30.3 Å². The first-order valence-electron chi connectivity index (χ1n) is 8.30. The Kier molecular flexibility index (Phi) is 6.28. The van der Waals surface area contributed by atoms with Crippen LogP contribution in [0.15, 0.2) is 18.2 Å². The van der Waals surface area contributed by atoms with Crippen molar-refractivity contribution in [3.05, 3.63) is 39.4 Å². The van der Waals surface area contributed by atoms with Crippen LogP contribution in [0.1, 0.15) is 35.7 Å². The number of likely N-dealkylation sites (tertiary alicyclic amines) is 1. The molecule has 0 bridgehead atoms. The standard InChI is InChI=1S/C17H25N3O4/c1-12-5-7-19(8-6-12)11-15(21)10-18-17(22)14-4-3-13(2)16(9-14)20(23)24/h3-4,9,12,15,21H,5-8,10-11H2,1-2H3,(H,18,22). The summed E-state index contributed by atoms with van der Waals surface area (Å²) in [7, 11) is 0. The average molecular weight is 335 g/mol. The van der Waals surface area contributed by atoms with Crippen LogP contribution in [-0.2, 0) is 0 Å². The summed E-state index contributed by atoms with van der Waals surface area (Å²) < 4.78 is 0. The van der Waals surface area contributed by atoms with Crippen molar-refractivity contribution in [1.29, 1.82) is 0 Å². The van der Waals surface area contributed by atoms with Gasteiger partial charge in [0.15, 0.2) is 0 Å². The minimum Gasteiger partial charge on any atom is -0.390 e. The van der Waals surface area contributed by atoms with Crippen LogP contribution in [0, 0.1) is 23.0 Å². The molecule has 0 spiro atoms. The van der Waals surface area contributed by atoms with Crippen LogP contribution in [0.2, 0.25) is 0 Å². The summed E-state index contributed by atoms with van der Waals surface area (Å²) in [5, 5.41) is 23.7. The van der Waals surface area contributed by atoms with Crippen LogP contribution < -0.4 is 5.32 Å². The zero-order valence-corrected chi connectivity index (χ0v) is 14.2. The molecule has 0 radical (unpaired) electrons. The highest BCUT2D eigenvalue weighted by atomic mass is 16.6. The SMILES string of the molecule is Cc1ccc(C(=O)NCC(O)CN2CCC(C)CC2)cc1[N+](=O)[O-]. The molecule has 7 heteroatoms. The number of nitrogens with one attached hydrogen (secondary N) is 1. The van der Waals surface area contributed by atoms with E-state index in [1.165, 1.54) is 6.07 Å². The topological polar surface area (TPSA) is 95.7 Å². The van der Waals surface area contributed by atoms with E-state index in [4.69, 9.17) is 0 Å². The summed E-state index contributed by atoms with van der Waals surface area (Å²) in [5.74, 6) is 0.319. The Balaban J connectivity index is 1.84. The number of benzene rings is 1. The molecule has 1 aliphatic rings. The van der Waals surface area contributed by atoms with Gasteiger partial charge in [-0.05, 0) is 44.8 Å². The first kappa shape index (κ1) is 18.4. The molecule has 1 saturated heterocycles. The minimum absolute atomic E-state index is 0.0781. The molecular weight excluding hydrogens is 310 g/mol. The second kappa shape index (κ2) is 8.21. The molecule has 0 aliphatic carbocycles. The molecule has 1 unspecified atom stereocenters. The highest BCUT2D eigenvalue weighted by molar-refractivity contribution is 5.95. The number of rotatable bonds is 6. The van der Waals surface area contributed by atoms with Gasteiger partial charge in [0.2, 0.25) is 0 Å². The van der Waals surface area contributed by atoms with Gasteiger partial charge >= 0.3 is 0 Å². The molecule has 7 nitrogen and oxygen atoms in total. The van der Waals surface area contributed by atoms with Gasteiger partial charge in [-0.1, -0.05) is 13.0 Å². The summed E-state index contributed by atoms with van der Waals surface area (Å²) >= 11 is 0. The molecule has 1 amide bonds. The van der Waals surface area contributed by atoms with Gasteiger partial charge in [0.25, 0.3) is 11.6 Å². The number of β-amino-alcohol motifs (C(OH)–C–C–N with tert-alkyl or cyclic N) is 1. The molecule has 132 valence electrons. The van der Waals surface area contributed by atoms with E-state index in [-0.39, 0.29) is 17.8 Å². The highest BCUT2D eigenvalue weighted by Gasteiger charge is 2.19. The van der Waals surface area contributed by atoms with E-state index in [2.05, 4.69) is 17.1 Å². The number of hydrogen-bond donors (Lipinski definition) is 2. The fourth-order valence-electron chi connectivity index (χ4n) is 2.87. The van der Waals surface area contributed by atoms with Crippen molar-refractivity contribution in [2.75, 3.05) is 26.2 Å². The number of hydrogen-bond acceptors (Lipinski definition) is 5. The molecule has 2 N–H and O–H groups in total. The zero-order valence-electron chi connectivity index (χ0n) is 14.2. The molecule has 1 heterocycles. The highest BCUT2D eigenvalue weighted by Crippen LogP contribution is 2.19. The second-order valence-electron chi connectivity index (χ2n) is 6.61. The van der Waals surface area contributed by atoms with E-state index in [0.717, 1.165) is 31.8 Å². The molecule has 1 fully saturated rings. The van der Waals surface area contributed by atoms with Crippen molar-refractivity contribution in [1.82, 2.24) is 10.2 Å². The fourth-order valence-corrected chi connectivity index (χ4v) is 2.87. The Morgan fingerprint density at radius 1 is 1.46 bits per heavy atom. The number of amides is 1. The summed E-state index contributed by atoms with van der Waals surface area (Å²) in [6.45, 7) is 6.46. The Bertz CT molecular complexity index is 597. The number of nitrogens with zero attached hydrogens (tertiary/aromatic N) is 2. The third kappa shape index (κ3) is 5.01. The number of aliphatic hydroxyl groups is 1. The lowest BCUT2D eigenvalue weighted by molar-refractivity contribution is -0.385. The van der Waals surface area contributed by atoms with Crippen LogP contribution in [0.3, 0.4) is 0 Å². The van der Waals surface area contributed by atoms with Crippen molar-refractivity contribution in [3.8, 4) is 0 Å². The predicted molar refractivity (Wildman–Crippen MR) is 91.0 cm³/mol. The van der Waals surface area contributed by atoms with Crippen LogP contribution in [-0.4, -0.2) is 53.1 Å². The fraction of sp³-hybridized carbons (Fsp3) is 0.588. The minimum atomic E-state index is -0.650. The Morgan fingerprint density at radius 2 is 2.12 bits per heavy atom. The number of nitro benzene ring substituents is 1. The Morgan fingerprint density at radius 3 is 2.75 bits per heavy atom. The Labute approximate surface area is 141 Å². The van der Waals surface area contributed by atoms with Crippen molar-refractivity contribution in [2.45, 2.75) is 32.8 Å². The van der Waals surface area contributed by atoms with Gasteiger partial charge in [-0.25, -0.2) is 0 Å². The molecule has 0 aromatic heterocycles. The first-order chi connectivity index (χ1) is 11.4. The van der Waals surface area contributed by atoms with Crippen LogP contribution in [0.4, 0.5) is 5.69 Å². The smallest absolute Gasteiger partial charge is 0.273 e. The third-order valence-corrected chi connectivity index (χ3v) is 4.51. The van der Waals surface area contributed by atoms with Crippen molar-refractivity contribution >= 4 is 11.6 Å². The summed E-state index contributed by atoms with van der Waals surface area (Å²) in [5.41, 5.74) is 0.660. The number of carbonyl (C=O) groups is 1. The molecule has 2 rings (SSSR count). The molecule has 24 heavy (non-hydrogen) atoms. The van der Waals surface area contributed by atoms with Crippen molar-refractivity contribution in [3.63, 3.8) is 0 Å². The van der Waals surface area contributed by atoms with Crippen LogP contribution in [0.5, 0.6) is 0 Å². The molecular formula is C17H25N3O4. The lowest BCUT2D eigenvalue weighted by Gasteiger charge is -2.31. The number of aryl methyl sites for hydroxylation is 1. The third-order valence-electron chi connectivity index (χ3n) is 4.51. The van der Waals surface area contributed by atoms with E-state index < -0.39 is 16.9 Å². The number of aliphatic hydroxyl groups excluding tert-OH is 1. The molecule has 1 aromatic rings. The lowest BCUT2D eigenvalue weighted by Crippen LogP contribution is -2.43. The largest absolute Gasteiger partial charge is 0.390 e. The quantitative estimate of drug-likeness (QED) is 0.610. The molecule has 1 aliphatic heterocycles. The van der Waals surface area contributed by atoms with Crippen molar-refractivity contribution in [2.24, 2.45) is 5.92 Å². The number of piperidine rings is 1. The average Bonchev–Trinajstić information content (AvgIpc) is 2.55. The zero-order chi connectivity index (χ0) is 17.7. The van der Waals surface area contributed by atoms with Gasteiger partial charge in [-0.15, -0.1) is 0 Å². The summed E-state index contributed by atoms with van der Waals surface area (Å²) in [4.78, 5) is 24.7. The van der Waals surface area contributed by atoms with E-state index in [1.54, 1.807) is 19.1 Å². The van der Waals surface area contributed by atoms with Crippen LogP contribution >= 0.6 is 0 Å². The van der Waals surface area contributed by atoms with E-state index in [0.29, 0.717) is 12.1 Å². The van der Waals surface area contributed by atoms with Gasteiger partial charge in [0.05, 0.1) is 11.0 Å². The van der Waals surface area contributed by atoms with Crippen LogP contribution in [0.25, 0.3) is 0 Å². The maximum atomic E-state index is 12.1. The summed E-state index contributed by atoms with van der Waals surface area (Å²) in [6.07, 6.45) is 1.61. The van der Waals surface area contributed by atoms with Crippen molar-refractivity contribution < 1.29 is 14.8 Å². The monoisotopic (exact) mass is 335 g/mol. The normalized spacial score (nSPS) is 17.5. The van der Waals surface area contributed by atoms with Gasteiger partial charge in [-0.2, -0.15) is 0 Å². The second-order valence-corrected chi connectivity index (χ2v) is 6.61. The number of nitro groups is 1. The number of carbonyl (C=O) groups excluding carboxylic acids is 1. The first-order valence-corrected chi connectivity index (χ1v) is 8.30. The van der Waals surface area contributed by atoms with Gasteiger partial charge in [-0.3, -0.25) is 14.9 Å². The Hall–Kier alpha value is -1.99. The van der Waals surface area contributed by atoms with E-state index in [9.17, 15) is 20.0 Å².